The topological polar surface area (TPSA) is 246 Å². The van der Waals surface area contributed by atoms with Crippen molar-refractivity contribution in [3.05, 3.63) is 47.0 Å². The van der Waals surface area contributed by atoms with Crippen molar-refractivity contribution >= 4 is 23.8 Å². The van der Waals surface area contributed by atoms with Crippen molar-refractivity contribution in [2.45, 2.75) is 128 Å². The van der Waals surface area contributed by atoms with Crippen molar-refractivity contribution in [2.75, 3.05) is 186 Å². The second-order valence-electron chi connectivity index (χ2n) is 23.9. The highest BCUT2D eigenvalue weighted by molar-refractivity contribution is 5.96. The molecule has 0 saturated heterocycles. The van der Waals surface area contributed by atoms with Crippen molar-refractivity contribution in [1.29, 1.82) is 0 Å². The Bertz CT molecular complexity index is 2590. The first kappa shape index (κ1) is 92.2. The predicted molar refractivity (Wildman–Crippen MR) is 333 cm³/mol. The van der Waals surface area contributed by atoms with E-state index in [4.69, 9.17) is 75.8 Å². The van der Waals surface area contributed by atoms with Crippen LogP contribution in [-0.4, -0.2) is 257 Å². The Labute approximate surface area is 582 Å². The molecule has 2 rings (SSSR count). The number of methoxy groups -OCH3 is 2. The fourth-order valence-electron chi connectivity index (χ4n) is 7.98. The zero-order valence-electron chi connectivity index (χ0n) is 58.6. The highest BCUT2D eigenvalue weighted by Crippen LogP contribution is 2.50. The number of hydrogen-bond donors (Lipinski definition) is 1. The average Bonchev–Trinajstić information content (AvgIpc) is 0.782. The summed E-state index contributed by atoms with van der Waals surface area (Å²) in [6.07, 6.45) is -30.2. The monoisotopic (exact) mass is 1510 g/mol. The first-order valence-electron chi connectivity index (χ1n) is 32.3. The molecule has 590 valence electrons. The molecule has 0 saturated carbocycles. The van der Waals surface area contributed by atoms with Gasteiger partial charge in [0, 0.05) is 38.0 Å². The van der Waals surface area contributed by atoms with Crippen molar-refractivity contribution in [3.8, 4) is 23.0 Å². The smallest absolute Gasteiger partial charge is 0.431 e. The van der Waals surface area contributed by atoms with E-state index in [1.54, 1.807) is 20.8 Å². The van der Waals surface area contributed by atoms with Crippen molar-refractivity contribution < 1.29 is 166 Å². The second kappa shape index (κ2) is 45.5. The second-order valence-corrected chi connectivity index (χ2v) is 23.9. The molecule has 0 fully saturated rings. The standard InChI is InChI=1S/C65H95F14NO22/c1-10-58(6,43-94-33-32-87-16-12-52(81)102-57(3,4)5)44-101-59(7,11-2)45-100-53-50(96-36-34-92-30-28-90-26-24-88-22-20-85-8)41-46(42-51(53)97-37-35-93-31-29-91-27-25-89-23-21-86-9)54(82)80-15-19-95-49-39-47(55(83)98-17-13-60(66,62(68,69)70)63(71,72)73)38-48(40-49)56(84)99-18-14-61(67,64(74,75)76)65(77,78)79/h38-42H,10-37,43-45H2,1-9H3,(H,80,82). The molecule has 1 amide bonds. The summed E-state index contributed by atoms with van der Waals surface area (Å²) in [6.45, 7) is 11.8. The number of nitrogens with one attached hydrogen (secondary N) is 1. The molecule has 0 heterocycles. The Hall–Kier alpha value is -5.90. The van der Waals surface area contributed by atoms with E-state index in [1.807, 2.05) is 27.7 Å². The summed E-state index contributed by atoms with van der Waals surface area (Å²) in [5.74, 6) is -5.81. The Kier molecular flexibility index (Phi) is 41.1. The molecule has 37 heteroatoms. The predicted octanol–water partition coefficient (Wildman–Crippen LogP) is 11.2. The number of alkyl halides is 14. The lowest BCUT2D eigenvalue weighted by atomic mass is 9.89. The molecule has 23 nitrogen and oxygen atoms in total. The summed E-state index contributed by atoms with van der Waals surface area (Å²) in [5, 5.41) is 2.52. The van der Waals surface area contributed by atoms with E-state index in [0.29, 0.717) is 70.7 Å². The van der Waals surface area contributed by atoms with Gasteiger partial charge in [-0.05, 0) is 70.9 Å². The number of amides is 1. The van der Waals surface area contributed by atoms with Crippen LogP contribution in [0.15, 0.2) is 30.3 Å². The fraction of sp³-hybridized carbons (Fsp3) is 0.754. The number of carbonyl (C=O) groups is 4. The Morgan fingerprint density at radius 2 is 0.794 bits per heavy atom. The molecular formula is C65H95F14NO22. The summed E-state index contributed by atoms with van der Waals surface area (Å²) < 4.78 is 288. The third kappa shape index (κ3) is 34.3. The Morgan fingerprint density at radius 3 is 1.18 bits per heavy atom. The van der Waals surface area contributed by atoms with Gasteiger partial charge in [0.05, 0.1) is 168 Å². The van der Waals surface area contributed by atoms with Crippen LogP contribution in [-0.2, 0) is 71.1 Å². The number of carbonyl (C=O) groups excluding carboxylic acids is 4. The lowest BCUT2D eigenvalue weighted by Crippen LogP contribution is -2.53. The third-order valence-corrected chi connectivity index (χ3v) is 14.4. The fourth-order valence-corrected chi connectivity index (χ4v) is 7.98. The van der Waals surface area contributed by atoms with Crippen LogP contribution >= 0.6 is 0 Å². The van der Waals surface area contributed by atoms with Gasteiger partial charge in [0.1, 0.15) is 37.8 Å². The molecule has 102 heavy (non-hydrogen) atoms. The molecule has 0 aromatic heterocycles. The maximum atomic E-state index is 14.4. The number of hydrogen-bond acceptors (Lipinski definition) is 22. The van der Waals surface area contributed by atoms with Gasteiger partial charge in [0.2, 0.25) is 5.75 Å². The summed E-state index contributed by atoms with van der Waals surface area (Å²) in [7, 11) is 3.07. The van der Waals surface area contributed by atoms with Gasteiger partial charge >= 0.3 is 54.0 Å². The van der Waals surface area contributed by atoms with Crippen LogP contribution < -0.4 is 24.3 Å². The molecule has 0 aliphatic carbocycles. The molecule has 2 aromatic carbocycles. The molecule has 0 bridgehead atoms. The lowest BCUT2D eigenvalue weighted by molar-refractivity contribution is -0.345. The largest absolute Gasteiger partial charge is 0.492 e. The van der Waals surface area contributed by atoms with Crippen LogP contribution in [0, 0.1) is 5.41 Å². The molecule has 2 unspecified atom stereocenters. The van der Waals surface area contributed by atoms with E-state index >= 15 is 0 Å². The maximum absolute atomic E-state index is 14.4. The molecule has 0 radical (unpaired) electrons. The quantitative estimate of drug-likeness (QED) is 0.0280. The normalized spacial score (nSPS) is 13.8. The first-order chi connectivity index (χ1) is 47.7. The van der Waals surface area contributed by atoms with Gasteiger partial charge in [0.25, 0.3) is 5.91 Å². The summed E-state index contributed by atoms with van der Waals surface area (Å²) >= 11 is 0. The Balaban J connectivity index is 2.54. The zero-order chi connectivity index (χ0) is 76.7. The van der Waals surface area contributed by atoms with E-state index in [1.165, 1.54) is 26.4 Å². The SMILES string of the molecule is CCC(C)(COCCOCCC(=O)OC(C)(C)C)COC(C)(CC)COc1c(OCCOCCOCCOCCOC)cc(C(=O)NCCOc2cc(C(=O)OCCC(F)(C(F)(F)F)C(F)(F)F)cc(C(=O)OCCC(F)(C(F)(F)F)C(F)(F)F)c2)cc1OCCOCCOCCOCCOC. The average molecular weight is 1510 g/mol. The highest BCUT2D eigenvalue weighted by Gasteiger charge is 2.73. The number of rotatable bonds is 55. The van der Waals surface area contributed by atoms with Crippen molar-refractivity contribution in [1.82, 2.24) is 5.32 Å². The van der Waals surface area contributed by atoms with E-state index in [2.05, 4.69) is 14.8 Å². The van der Waals surface area contributed by atoms with Gasteiger partial charge in [-0.1, -0.05) is 20.8 Å². The van der Waals surface area contributed by atoms with Crippen LogP contribution in [0.1, 0.15) is 112 Å². The van der Waals surface area contributed by atoms with Gasteiger partial charge in [-0.25, -0.2) is 18.4 Å². The van der Waals surface area contributed by atoms with Gasteiger partial charge in [-0.2, -0.15) is 52.7 Å². The van der Waals surface area contributed by atoms with Gasteiger partial charge in [0.15, 0.2) is 11.5 Å². The minimum atomic E-state index is -6.56. The van der Waals surface area contributed by atoms with E-state index in [-0.39, 0.29) is 135 Å². The summed E-state index contributed by atoms with van der Waals surface area (Å²) in [4.78, 5) is 52.3. The molecule has 1 N–H and O–H groups in total. The van der Waals surface area contributed by atoms with E-state index in [0.717, 1.165) is 0 Å². The summed E-state index contributed by atoms with van der Waals surface area (Å²) in [5.41, 5.74) is -16.1. The minimum absolute atomic E-state index is 0.0118. The van der Waals surface area contributed by atoms with Crippen LogP contribution in [0.5, 0.6) is 23.0 Å². The number of ether oxygens (including phenoxy) is 18. The van der Waals surface area contributed by atoms with Crippen LogP contribution in [0.2, 0.25) is 0 Å². The summed E-state index contributed by atoms with van der Waals surface area (Å²) in [6, 6.07) is 4.26. The molecule has 0 spiro atoms. The third-order valence-electron chi connectivity index (χ3n) is 14.4. The van der Waals surface area contributed by atoms with Gasteiger partial charge in [-0.3, -0.25) is 9.59 Å². The van der Waals surface area contributed by atoms with Crippen LogP contribution in [0.4, 0.5) is 61.5 Å². The van der Waals surface area contributed by atoms with Crippen molar-refractivity contribution in [2.24, 2.45) is 5.41 Å². The van der Waals surface area contributed by atoms with E-state index < -0.39 is 133 Å². The number of halogens is 14. The molecule has 2 aromatic rings. The van der Waals surface area contributed by atoms with Gasteiger partial charge in [-0.15, -0.1) is 0 Å². The van der Waals surface area contributed by atoms with E-state index in [9.17, 15) is 80.6 Å². The molecule has 0 aliphatic rings. The molecular weight excluding hydrogens is 1410 g/mol. The molecule has 2 atom stereocenters. The number of esters is 3. The first-order valence-corrected chi connectivity index (χ1v) is 32.3. The zero-order valence-corrected chi connectivity index (χ0v) is 58.6. The van der Waals surface area contributed by atoms with Crippen LogP contribution in [0.25, 0.3) is 0 Å². The lowest BCUT2D eigenvalue weighted by Gasteiger charge is -2.35. The highest BCUT2D eigenvalue weighted by atomic mass is 19.4. The van der Waals surface area contributed by atoms with Crippen molar-refractivity contribution in [3.63, 3.8) is 0 Å². The van der Waals surface area contributed by atoms with Gasteiger partial charge < -0.3 is 90.6 Å². The number of benzene rings is 2. The molecule has 0 aliphatic heterocycles. The Morgan fingerprint density at radius 1 is 0.402 bits per heavy atom. The van der Waals surface area contributed by atoms with Crippen LogP contribution in [0.3, 0.4) is 0 Å². The maximum Gasteiger partial charge on any atom is 0.431 e. The minimum Gasteiger partial charge on any atom is -0.492 e.